The quantitative estimate of drug-likeness (QED) is 0.560. The lowest BCUT2D eigenvalue weighted by molar-refractivity contribution is 0.0365. The van der Waals surface area contributed by atoms with Gasteiger partial charge in [-0.25, -0.2) is 4.79 Å². The highest BCUT2D eigenvalue weighted by Crippen LogP contribution is 2.23. The zero-order valence-electron chi connectivity index (χ0n) is 18.9. The van der Waals surface area contributed by atoms with Crippen molar-refractivity contribution in [3.63, 3.8) is 0 Å². The Balaban J connectivity index is 1.65. The van der Waals surface area contributed by atoms with Gasteiger partial charge in [-0.2, -0.15) is 0 Å². The maximum absolute atomic E-state index is 13.1. The van der Waals surface area contributed by atoms with Crippen LogP contribution in [-0.4, -0.2) is 55.2 Å². The van der Waals surface area contributed by atoms with E-state index >= 15 is 0 Å². The van der Waals surface area contributed by atoms with Gasteiger partial charge in [-0.15, -0.1) is 0 Å². The molecule has 0 unspecified atom stereocenters. The van der Waals surface area contributed by atoms with Crippen LogP contribution in [0.5, 0.6) is 0 Å². The van der Waals surface area contributed by atoms with Gasteiger partial charge in [0.25, 0.3) is 0 Å². The molecule has 0 atom stereocenters. The van der Waals surface area contributed by atoms with Gasteiger partial charge >= 0.3 is 6.03 Å². The largest absolute Gasteiger partial charge is 0.379 e. The van der Waals surface area contributed by atoms with Gasteiger partial charge in [0, 0.05) is 42.9 Å². The Morgan fingerprint density at radius 1 is 1.13 bits per heavy atom. The van der Waals surface area contributed by atoms with Gasteiger partial charge in [-0.1, -0.05) is 67.0 Å². The molecule has 0 bridgehead atoms. The first kappa shape index (κ1) is 23.8. The fraction of sp³-hybridized carbons (Fsp3) is 0.480. The number of morpholine rings is 1. The number of benzene rings is 2. The standard InChI is InChI=1S/C25H34BrN3O2/c1-25(2,3)21-10-8-20(9-11-21)19-29(13-5-12-28-14-16-31-17-15-28)24(30)27-23-7-4-6-22(26)18-23/h4,6-11,18H,5,12-17,19H2,1-3H3,(H,27,30). The van der Waals surface area contributed by atoms with Crippen LogP contribution in [0.3, 0.4) is 0 Å². The number of rotatable bonds is 7. The molecule has 0 saturated carbocycles. The average molecular weight is 488 g/mol. The van der Waals surface area contributed by atoms with Crippen LogP contribution in [0.2, 0.25) is 0 Å². The molecule has 1 N–H and O–H groups in total. The summed E-state index contributed by atoms with van der Waals surface area (Å²) in [7, 11) is 0. The summed E-state index contributed by atoms with van der Waals surface area (Å²) in [6.07, 6.45) is 0.936. The predicted molar refractivity (Wildman–Crippen MR) is 131 cm³/mol. The number of carbonyl (C=O) groups excluding carboxylic acids is 1. The van der Waals surface area contributed by atoms with Crippen molar-refractivity contribution in [2.45, 2.75) is 39.2 Å². The third kappa shape index (κ3) is 7.63. The van der Waals surface area contributed by atoms with Crippen molar-refractivity contribution in [1.82, 2.24) is 9.80 Å². The van der Waals surface area contributed by atoms with Gasteiger partial charge in [0.05, 0.1) is 13.2 Å². The minimum Gasteiger partial charge on any atom is -0.379 e. The van der Waals surface area contributed by atoms with Crippen LogP contribution in [0.1, 0.15) is 38.3 Å². The highest BCUT2D eigenvalue weighted by molar-refractivity contribution is 9.10. The lowest BCUT2D eigenvalue weighted by Crippen LogP contribution is -2.40. The fourth-order valence-corrected chi connectivity index (χ4v) is 4.06. The molecule has 1 fully saturated rings. The maximum Gasteiger partial charge on any atom is 0.322 e. The van der Waals surface area contributed by atoms with Gasteiger partial charge in [0.1, 0.15) is 0 Å². The zero-order chi connectivity index (χ0) is 22.3. The van der Waals surface area contributed by atoms with Crippen LogP contribution in [0.4, 0.5) is 10.5 Å². The second-order valence-corrected chi connectivity index (χ2v) is 10.0. The number of nitrogens with zero attached hydrogens (tertiary/aromatic N) is 2. The van der Waals surface area contributed by atoms with E-state index in [0.29, 0.717) is 13.1 Å². The number of carbonyl (C=O) groups is 1. The normalized spacial score (nSPS) is 15.0. The molecule has 2 aromatic rings. The Morgan fingerprint density at radius 2 is 1.84 bits per heavy atom. The number of amides is 2. The molecule has 31 heavy (non-hydrogen) atoms. The number of anilines is 1. The number of nitrogens with one attached hydrogen (secondary N) is 1. The molecular weight excluding hydrogens is 454 g/mol. The van der Waals surface area contributed by atoms with Crippen molar-refractivity contribution in [3.05, 3.63) is 64.1 Å². The molecule has 2 aromatic carbocycles. The average Bonchev–Trinajstić information content (AvgIpc) is 2.73. The molecule has 5 nitrogen and oxygen atoms in total. The van der Waals surface area contributed by atoms with Gasteiger partial charge in [0.15, 0.2) is 0 Å². The van der Waals surface area contributed by atoms with Crippen molar-refractivity contribution in [1.29, 1.82) is 0 Å². The Hall–Kier alpha value is -1.89. The summed E-state index contributed by atoms with van der Waals surface area (Å²) < 4.78 is 6.38. The van der Waals surface area contributed by atoms with Crippen molar-refractivity contribution in [3.8, 4) is 0 Å². The maximum atomic E-state index is 13.1. The van der Waals surface area contributed by atoms with Crippen LogP contribution in [0, 0.1) is 0 Å². The van der Waals surface area contributed by atoms with Crippen LogP contribution >= 0.6 is 15.9 Å². The number of hydrogen-bond acceptors (Lipinski definition) is 3. The molecule has 6 heteroatoms. The van der Waals surface area contributed by atoms with E-state index in [-0.39, 0.29) is 11.4 Å². The van der Waals surface area contributed by atoms with Crippen LogP contribution in [0.25, 0.3) is 0 Å². The van der Waals surface area contributed by atoms with E-state index in [0.717, 1.165) is 55.0 Å². The van der Waals surface area contributed by atoms with Crippen LogP contribution < -0.4 is 5.32 Å². The molecule has 0 aliphatic carbocycles. The van der Waals surface area contributed by atoms with Crippen LogP contribution in [-0.2, 0) is 16.7 Å². The summed E-state index contributed by atoms with van der Waals surface area (Å²) in [5.41, 5.74) is 3.35. The molecule has 0 radical (unpaired) electrons. The minimum atomic E-state index is -0.0695. The number of urea groups is 1. The first-order chi connectivity index (χ1) is 14.8. The molecular formula is C25H34BrN3O2. The smallest absolute Gasteiger partial charge is 0.322 e. The van der Waals surface area contributed by atoms with Crippen molar-refractivity contribution < 1.29 is 9.53 Å². The summed E-state index contributed by atoms with van der Waals surface area (Å²) >= 11 is 3.47. The molecule has 1 aliphatic heterocycles. The van der Waals surface area contributed by atoms with Crippen LogP contribution in [0.15, 0.2) is 53.0 Å². The van der Waals surface area contributed by atoms with E-state index in [9.17, 15) is 4.79 Å². The third-order valence-electron chi connectivity index (χ3n) is 5.56. The van der Waals surface area contributed by atoms with Crippen molar-refractivity contribution in [2.24, 2.45) is 0 Å². The second kappa shape index (κ2) is 11.1. The highest BCUT2D eigenvalue weighted by Gasteiger charge is 2.17. The SMILES string of the molecule is CC(C)(C)c1ccc(CN(CCCN2CCOCC2)C(=O)Nc2cccc(Br)c2)cc1. The molecule has 168 valence electrons. The Labute approximate surface area is 194 Å². The highest BCUT2D eigenvalue weighted by atomic mass is 79.9. The van der Waals surface area contributed by atoms with E-state index in [4.69, 9.17) is 4.74 Å². The van der Waals surface area contributed by atoms with E-state index in [1.54, 1.807) is 0 Å². The topological polar surface area (TPSA) is 44.8 Å². The molecule has 1 aliphatic rings. The third-order valence-corrected chi connectivity index (χ3v) is 6.06. The van der Waals surface area contributed by atoms with Crippen molar-refractivity contribution in [2.75, 3.05) is 44.7 Å². The van der Waals surface area contributed by atoms with E-state index < -0.39 is 0 Å². The zero-order valence-corrected chi connectivity index (χ0v) is 20.5. The minimum absolute atomic E-state index is 0.0695. The predicted octanol–water partition coefficient (Wildman–Crippen LogP) is 5.50. The van der Waals surface area contributed by atoms with Gasteiger partial charge < -0.3 is 15.0 Å². The first-order valence-corrected chi connectivity index (χ1v) is 11.8. The Morgan fingerprint density at radius 3 is 2.48 bits per heavy atom. The first-order valence-electron chi connectivity index (χ1n) is 11.0. The number of ether oxygens (including phenoxy) is 1. The fourth-order valence-electron chi connectivity index (χ4n) is 3.66. The summed E-state index contributed by atoms with van der Waals surface area (Å²) in [4.78, 5) is 17.4. The Bertz CT molecular complexity index is 843. The van der Waals surface area contributed by atoms with E-state index in [1.165, 1.54) is 5.56 Å². The van der Waals surface area contributed by atoms with Gasteiger partial charge in [-0.05, 0) is 41.2 Å². The van der Waals surface area contributed by atoms with E-state index in [2.05, 4.69) is 71.2 Å². The summed E-state index contributed by atoms with van der Waals surface area (Å²) in [5, 5.41) is 3.05. The summed E-state index contributed by atoms with van der Waals surface area (Å²) in [6, 6.07) is 16.3. The van der Waals surface area contributed by atoms with Gasteiger partial charge in [-0.3, -0.25) is 4.90 Å². The monoisotopic (exact) mass is 487 g/mol. The molecule has 2 amide bonds. The molecule has 1 heterocycles. The number of halogens is 1. The Kier molecular flexibility index (Phi) is 8.52. The van der Waals surface area contributed by atoms with E-state index in [1.807, 2.05) is 29.2 Å². The van der Waals surface area contributed by atoms with Gasteiger partial charge in [0.2, 0.25) is 0 Å². The lowest BCUT2D eigenvalue weighted by atomic mass is 9.87. The van der Waals surface area contributed by atoms with Crippen molar-refractivity contribution >= 4 is 27.6 Å². The summed E-state index contributed by atoms with van der Waals surface area (Å²) in [5.74, 6) is 0. The molecule has 1 saturated heterocycles. The second-order valence-electron chi connectivity index (χ2n) is 9.12. The summed E-state index contributed by atoms with van der Waals surface area (Å²) in [6.45, 7) is 12.5. The number of hydrogen-bond donors (Lipinski definition) is 1. The molecule has 0 spiro atoms. The lowest BCUT2D eigenvalue weighted by Gasteiger charge is -2.28. The molecule has 3 rings (SSSR count). The molecule has 0 aromatic heterocycles.